The first kappa shape index (κ1) is 18.1. The number of hydrogen-bond acceptors (Lipinski definition) is 5. The summed E-state index contributed by atoms with van der Waals surface area (Å²) in [5.41, 5.74) is 0.917. The van der Waals surface area contributed by atoms with Gasteiger partial charge in [0.1, 0.15) is 5.75 Å². The van der Waals surface area contributed by atoms with Crippen molar-refractivity contribution in [2.75, 3.05) is 7.11 Å². The SMILES string of the molecule is COc1ccccc1CNC(=O)C(=O)NCc1n[nH]c(=O)c2ccccc12. The number of carbonyl (C=O) groups excluding carboxylic acids is 2. The second kappa shape index (κ2) is 8.13. The second-order valence-corrected chi connectivity index (χ2v) is 5.72. The number of benzene rings is 2. The van der Waals surface area contributed by atoms with Gasteiger partial charge < -0.3 is 15.4 Å². The number of aromatic amines is 1. The van der Waals surface area contributed by atoms with Crippen molar-refractivity contribution in [3.05, 3.63) is 70.1 Å². The van der Waals surface area contributed by atoms with Crippen molar-refractivity contribution >= 4 is 22.6 Å². The number of nitrogens with zero attached hydrogens (tertiary/aromatic N) is 1. The largest absolute Gasteiger partial charge is 0.496 e. The lowest BCUT2D eigenvalue weighted by Crippen LogP contribution is -2.39. The third-order valence-electron chi connectivity index (χ3n) is 4.03. The highest BCUT2D eigenvalue weighted by Crippen LogP contribution is 2.16. The Hall–Kier alpha value is -3.68. The third-order valence-corrected chi connectivity index (χ3v) is 4.03. The fourth-order valence-corrected chi connectivity index (χ4v) is 2.66. The average molecular weight is 366 g/mol. The summed E-state index contributed by atoms with van der Waals surface area (Å²) in [6.45, 7) is 0.175. The molecule has 0 atom stereocenters. The number of methoxy groups -OCH3 is 1. The van der Waals surface area contributed by atoms with E-state index in [1.165, 1.54) is 7.11 Å². The molecule has 3 N–H and O–H groups in total. The number of H-pyrrole nitrogens is 1. The van der Waals surface area contributed by atoms with Gasteiger partial charge in [-0.15, -0.1) is 0 Å². The highest BCUT2D eigenvalue weighted by molar-refractivity contribution is 6.35. The minimum Gasteiger partial charge on any atom is -0.496 e. The van der Waals surface area contributed by atoms with Crippen molar-refractivity contribution in [2.24, 2.45) is 0 Å². The molecule has 8 nitrogen and oxygen atoms in total. The van der Waals surface area contributed by atoms with Gasteiger partial charge in [0.25, 0.3) is 5.56 Å². The van der Waals surface area contributed by atoms with E-state index in [2.05, 4.69) is 20.8 Å². The Bertz CT molecular complexity index is 1050. The quantitative estimate of drug-likeness (QED) is 0.580. The fraction of sp³-hybridized carbons (Fsp3) is 0.158. The fourth-order valence-electron chi connectivity index (χ4n) is 2.66. The van der Waals surface area contributed by atoms with Crippen molar-refractivity contribution < 1.29 is 14.3 Å². The van der Waals surface area contributed by atoms with Gasteiger partial charge in [0, 0.05) is 17.5 Å². The first-order valence-electron chi connectivity index (χ1n) is 8.24. The molecule has 0 spiro atoms. The van der Waals surface area contributed by atoms with Gasteiger partial charge in [0.15, 0.2) is 0 Å². The maximum atomic E-state index is 12.0. The van der Waals surface area contributed by atoms with Crippen LogP contribution >= 0.6 is 0 Å². The van der Waals surface area contributed by atoms with Crippen molar-refractivity contribution in [3.8, 4) is 5.75 Å². The minimum absolute atomic E-state index is 0.0121. The summed E-state index contributed by atoms with van der Waals surface area (Å²) in [5.74, 6) is -0.932. The number of fused-ring (bicyclic) bond motifs is 1. The summed E-state index contributed by atoms with van der Waals surface area (Å²) in [5, 5.41) is 12.5. The van der Waals surface area contributed by atoms with E-state index in [4.69, 9.17) is 4.74 Å². The van der Waals surface area contributed by atoms with Crippen molar-refractivity contribution in [1.29, 1.82) is 0 Å². The lowest BCUT2D eigenvalue weighted by atomic mass is 10.1. The summed E-state index contributed by atoms with van der Waals surface area (Å²) >= 11 is 0. The van der Waals surface area contributed by atoms with Crippen LogP contribution in [-0.4, -0.2) is 29.1 Å². The first-order valence-corrected chi connectivity index (χ1v) is 8.24. The van der Waals surface area contributed by atoms with Crippen LogP contribution in [0.25, 0.3) is 10.8 Å². The highest BCUT2D eigenvalue weighted by Gasteiger charge is 2.15. The summed E-state index contributed by atoms with van der Waals surface area (Å²) in [7, 11) is 1.54. The topological polar surface area (TPSA) is 113 Å². The van der Waals surface area contributed by atoms with Crippen LogP contribution in [0.4, 0.5) is 0 Å². The molecule has 138 valence electrons. The minimum atomic E-state index is -0.790. The molecule has 0 radical (unpaired) electrons. The maximum absolute atomic E-state index is 12.0. The number of amides is 2. The highest BCUT2D eigenvalue weighted by atomic mass is 16.5. The number of rotatable bonds is 5. The standard InChI is InChI=1S/C19H18N4O4/c1-27-16-9-5-2-6-12(16)10-20-18(25)19(26)21-11-15-13-7-3-4-8-14(13)17(24)23-22-15/h2-9H,10-11H2,1H3,(H,20,25)(H,21,26)(H,23,24). The van der Waals surface area contributed by atoms with Gasteiger partial charge in [-0.05, 0) is 12.1 Å². The summed E-state index contributed by atoms with van der Waals surface area (Å²) in [6, 6.07) is 14.1. The normalized spacial score (nSPS) is 10.4. The van der Waals surface area contributed by atoms with Crippen LogP contribution in [0.2, 0.25) is 0 Å². The van der Waals surface area contributed by atoms with Crippen molar-refractivity contribution in [1.82, 2.24) is 20.8 Å². The molecule has 0 aliphatic rings. The molecule has 2 aromatic carbocycles. The van der Waals surface area contributed by atoms with E-state index in [1.54, 1.807) is 36.4 Å². The number of aromatic nitrogens is 2. The zero-order valence-corrected chi connectivity index (χ0v) is 14.6. The number of nitrogens with one attached hydrogen (secondary N) is 3. The molecule has 27 heavy (non-hydrogen) atoms. The molecule has 2 amide bonds. The predicted molar refractivity (Wildman–Crippen MR) is 99.1 cm³/mol. The first-order chi connectivity index (χ1) is 13.1. The van der Waals surface area contributed by atoms with E-state index < -0.39 is 11.8 Å². The lowest BCUT2D eigenvalue weighted by Gasteiger charge is -2.10. The van der Waals surface area contributed by atoms with Gasteiger partial charge in [-0.2, -0.15) is 5.10 Å². The molecule has 8 heteroatoms. The van der Waals surface area contributed by atoms with Crippen LogP contribution in [0.1, 0.15) is 11.3 Å². The molecule has 3 aromatic rings. The number of carbonyl (C=O) groups is 2. The molecule has 1 heterocycles. The van der Waals surface area contributed by atoms with Gasteiger partial charge in [-0.3, -0.25) is 14.4 Å². The predicted octanol–water partition coefficient (Wildman–Crippen LogP) is 0.864. The lowest BCUT2D eigenvalue weighted by molar-refractivity contribution is -0.139. The smallest absolute Gasteiger partial charge is 0.309 e. The van der Waals surface area contributed by atoms with E-state index in [0.29, 0.717) is 22.2 Å². The Morgan fingerprint density at radius 1 is 0.963 bits per heavy atom. The van der Waals surface area contributed by atoms with Crippen LogP contribution in [-0.2, 0) is 22.7 Å². The molecule has 0 aliphatic heterocycles. The Balaban J connectivity index is 1.62. The van der Waals surface area contributed by atoms with Crippen LogP contribution < -0.4 is 20.9 Å². The number of hydrogen-bond donors (Lipinski definition) is 3. The second-order valence-electron chi connectivity index (χ2n) is 5.72. The molecule has 0 saturated carbocycles. The Labute approximate surface area is 154 Å². The molecule has 1 aromatic heterocycles. The third kappa shape index (κ3) is 4.12. The van der Waals surface area contributed by atoms with E-state index >= 15 is 0 Å². The van der Waals surface area contributed by atoms with E-state index in [0.717, 1.165) is 5.56 Å². The molecule has 0 fully saturated rings. The van der Waals surface area contributed by atoms with Gasteiger partial charge in [-0.25, -0.2) is 5.10 Å². The number of para-hydroxylation sites is 1. The van der Waals surface area contributed by atoms with E-state index in [9.17, 15) is 14.4 Å². The maximum Gasteiger partial charge on any atom is 0.309 e. The molecule has 0 unspecified atom stereocenters. The van der Waals surface area contributed by atoms with Gasteiger partial charge in [0.05, 0.1) is 24.7 Å². The summed E-state index contributed by atoms with van der Waals surface area (Å²) in [4.78, 5) is 35.8. The monoisotopic (exact) mass is 366 g/mol. The van der Waals surface area contributed by atoms with Gasteiger partial charge in [-0.1, -0.05) is 36.4 Å². The Morgan fingerprint density at radius 3 is 2.33 bits per heavy atom. The van der Waals surface area contributed by atoms with Crippen molar-refractivity contribution in [2.45, 2.75) is 13.1 Å². The van der Waals surface area contributed by atoms with E-state index in [1.807, 2.05) is 12.1 Å². The number of ether oxygens (including phenoxy) is 1. The summed E-state index contributed by atoms with van der Waals surface area (Å²) < 4.78 is 5.20. The molecule has 0 saturated heterocycles. The van der Waals surface area contributed by atoms with Gasteiger partial charge >= 0.3 is 11.8 Å². The van der Waals surface area contributed by atoms with Crippen LogP contribution in [0.5, 0.6) is 5.75 Å². The zero-order valence-electron chi connectivity index (χ0n) is 14.6. The molecule has 0 aliphatic carbocycles. The molecular formula is C19H18N4O4. The Kier molecular flexibility index (Phi) is 5.46. The summed E-state index contributed by atoms with van der Waals surface area (Å²) in [6.07, 6.45) is 0. The van der Waals surface area contributed by atoms with Gasteiger partial charge in [0.2, 0.25) is 0 Å². The zero-order chi connectivity index (χ0) is 19.2. The van der Waals surface area contributed by atoms with E-state index in [-0.39, 0.29) is 18.6 Å². The van der Waals surface area contributed by atoms with Crippen LogP contribution in [0.3, 0.4) is 0 Å². The average Bonchev–Trinajstić information content (AvgIpc) is 2.71. The molecular weight excluding hydrogens is 348 g/mol. The van der Waals surface area contributed by atoms with Crippen LogP contribution in [0.15, 0.2) is 53.3 Å². The molecule has 0 bridgehead atoms. The van der Waals surface area contributed by atoms with Crippen LogP contribution in [0, 0.1) is 0 Å². The Morgan fingerprint density at radius 2 is 1.59 bits per heavy atom. The molecule has 3 rings (SSSR count). The van der Waals surface area contributed by atoms with Crippen molar-refractivity contribution in [3.63, 3.8) is 0 Å².